The fraction of sp³-hybridized carbons (Fsp3) is 0.250. The third kappa shape index (κ3) is 2.41. The van der Waals surface area contributed by atoms with Crippen LogP contribution >= 0.6 is 11.6 Å². The summed E-state index contributed by atoms with van der Waals surface area (Å²) in [6.45, 7) is 1.95. The summed E-state index contributed by atoms with van der Waals surface area (Å²) in [5.74, 6) is 0.0205. The number of nitrogens with zero attached hydrogens (tertiary/aromatic N) is 1. The molecule has 1 aliphatic carbocycles. The first-order chi connectivity index (χ1) is 9.60. The van der Waals surface area contributed by atoms with E-state index in [1.165, 1.54) is 0 Å². The summed E-state index contributed by atoms with van der Waals surface area (Å²) >= 11 is 6.02. The van der Waals surface area contributed by atoms with Crippen LogP contribution in [0, 0.1) is 6.92 Å². The number of benzene rings is 1. The van der Waals surface area contributed by atoms with Gasteiger partial charge in [0.05, 0.1) is 17.3 Å². The van der Waals surface area contributed by atoms with Gasteiger partial charge in [0.1, 0.15) is 0 Å². The van der Waals surface area contributed by atoms with E-state index in [-0.39, 0.29) is 5.91 Å². The van der Waals surface area contributed by atoms with Crippen LogP contribution in [0.25, 0.3) is 0 Å². The van der Waals surface area contributed by atoms with Gasteiger partial charge in [0, 0.05) is 11.2 Å². The zero-order chi connectivity index (χ0) is 14.2. The number of aromatic nitrogens is 1. The number of pyridine rings is 1. The summed E-state index contributed by atoms with van der Waals surface area (Å²) in [5.41, 5.74) is 2.33. The molecule has 1 aromatic carbocycles. The van der Waals surface area contributed by atoms with E-state index in [4.69, 9.17) is 11.6 Å². The fourth-order valence-corrected chi connectivity index (χ4v) is 2.62. The number of aryl methyl sites for hydroxylation is 1. The molecule has 1 fully saturated rings. The number of carbonyl (C=O) groups is 1. The van der Waals surface area contributed by atoms with Gasteiger partial charge in [-0.15, -0.1) is 0 Å². The molecule has 0 atom stereocenters. The molecule has 1 N–H and O–H groups in total. The van der Waals surface area contributed by atoms with Gasteiger partial charge in [-0.1, -0.05) is 23.7 Å². The van der Waals surface area contributed by atoms with E-state index >= 15 is 0 Å². The van der Waals surface area contributed by atoms with Crippen LogP contribution < -0.4 is 5.32 Å². The Labute approximate surface area is 123 Å². The van der Waals surface area contributed by atoms with Gasteiger partial charge >= 0.3 is 0 Å². The van der Waals surface area contributed by atoms with Crippen LogP contribution in [0.4, 0.5) is 5.69 Å². The molecule has 0 aliphatic heterocycles. The second-order valence-corrected chi connectivity index (χ2v) is 5.73. The van der Waals surface area contributed by atoms with Gasteiger partial charge in [-0.05, 0) is 49.1 Å². The first kappa shape index (κ1) is 13.1. The van der Waals surface area contributed by atoms with Gasteiger partial charge in [-0.25, -0.2) is 0 Å². The SMILES string of the molecule is Cc1cncc(NC(=O)C2(c3cccc(Cl)c3)CC2)c1. The lowest BCUT2D eigenvalue weighted by atomic mass is 9.95. The van der Waals surface area contributed by atoms with Crippen molar-refractivity contribution >= 4 is 23.2 Å². The van der Waals surface area contributed by atoms with Crippen molar-refractivity contribution in [1.29, 1.82) is 0 Å². The Morgan fingerprint density at radius 2 is 2.10 bits per heavy atom. The molecule has 0 unspecified atom stereocenters. The van der Waals surface area contributed by atoms with Crippen LogP contribution in [-0.2, 0) is 10.2 Å². The van der Waals surface area contributed by atoms with Gasteiger partial charge in [0.2, 0.25) is 5.91 Å². The highest BCUT2D eigenvalue weighted by atomic mass is 35.5. The number of nitrogens with one attached hydrogen (secondary N) is 1. The van der Waals surface area contributed by atoms with Crippen molar-refractivity contribution in [3.05, 3.63) is 58.9 Å². The van der Waals surface area contributed by atoms with Crippen molar-refractivity contribution in [2.45, 2.75) is 25.2 Å². The van der Waals surface area contributed by atoms with Crippen molar-refractivity contribution in [2.24, 2.45) is 0 Å². The van der Waals surface area contributed by atoms with Crippen molar-refractivity contribution in [2.75, 3.05) is 5.32 Å². The van der Waals surface area contributed by atoms with Crippen molar-refractivity contribution in [3.63, 3.8) is 0 Å². The molecule has 1 aliphatic rings. The monoisotopic (exact) mass is 286 g/mol. The third-order valence-electron chi connectivity index (χ3n) is 3.69. The van der Waals surface area contributed by atoms with E-state index in [1.54, 1.807) is 12.4 Å². The smallest absolute Gasteiger partial charge is 0.235 e. The molecule has 1 amide bonds. The van der Waals surface area contributed by atoms with Crippen molar-refractivity contribution in [1.82, 2.24) is 4.98 Å². The second kappa shape index (κ2) is 4.91. The molecule has 4 heteroatoms. The highest BCUT2D eigenvalue weighted by Crippen LogP contribution is 2.49. The lowest BCUT2D eigenvalue weighted by Crippen LogP contribution is -2.27. The maximum Gasteiger partial charge on any atom is 0.235 e. The van der Waals surface area contributed by atoms with Crippen molar-refractivity contribution in [3.8, 4) is 0 Å². The predicted molar refractivity (Wildman–Crippen MR) is 80.0 cm³/mol. The van der Waals surface area contributed by atoms with Crippen LogP contribution in [0.2, 0.25) is 5.02 Å². The predicted octanol–water partition coefficient (Wildman–Crippen LogP) is 3.71. The number of rotatable bonds is 3. The second-order valence-electron chi connectivity index (χ2n) is 5.30. The highest BCUT2D eigenvalue weighted by Gasteiger charge is 2.51. The Morgan fingerprint density at radius 3 is 2.75 bits per heavy atom. The van der Waals surface area contributed by atoms with Gasteiger partial charge in [-0.2, -0.15) is 0 Å². The normalized spacial score (nSPS) is 15.7. The largest absolute Gasteiger partial charge is 0.324 e. The van der Waals surface area contributed by atoms with E-state index in [2.05, 4.69) is 10.3 Å². The molecule has 1 heterocycles. The summed E-state index contributed by atoms with van der Waals surface area (Å²) in [6.07, 6.45) is 5.15. The average Bonchev–Trinajstić information content (AvgIpc) is 3.20. The van der Waals surface area contributed by atoms with Gasteiger partial charge in [0.25, 0.3) is 0 Å². The zero-order valence-corrected chi connectivity index (χ0v) is 11.9. The number of hydrogen-bond acceptors (Lipinski definition) is 2. The molecule has 3 nitrogen and oxygen atoms in total. The molecule has 0 saturated heterocycles. The summed E-state index contributed by atoms with van der Waals surface area (Å²) in [4.78, 5) is 16.6. The molecule has 0 bridgehead atoms. The lowest BCUT2D eigenvalue weighted by Gasteiger charge is -2.16. The third-order valence-corrected chi connectivity index (χ3v) is 3.93. The Bertz CT molecular complexity index is 665. The molecular formula is C16H15ClN2O. The molecule has 0 radical (unpaired) electrons. The molecule has 20 heavy (non-hydrogen) atoms. The highest BCUT2D eigenvalue weighted by molar-refractivity contribution is 6.30. The standard InChI is InChI=1S/C16H15ClN2O/c1-11-7-14(10-18-9-11)19-15(20)16(5-6-16)12-3-2-4-13(17)8-12/h2-4,7-10H,5-6H2,1H3,(H,19,20). The van der Waals surface area contributed by atoms with Crippen LogP contribution in [0.1, 0.15) is 24.0 Å². The van der Waals surface area contributed by atoms with Crippen LogP contribution in [0.15, 0.2) is 42.7 Å². The van der Waals surface area contributed by atoms with Crippen LogP contribution in [0.5, 0.6) is 0 Å². The zero-order valence-electron chi connectivity index (χ0n) is 11.2. The Balaban J connectivity index is 1.83. The first-order valence-electron chi connectivity index (χ1n) is 6.59. The molecular weight excluding hydrogens is 272 g/mol. The number of carbonyl (C=O) groups excluding carboxylic acids is 1. The summed E-state index contributed by atoms with van der Waals surface area (Å²) in [5, 5.41) is 3.62. The van der Waals surface area contributed by atoms with Gasteiger partial charge in [0.15, 0.2) is 0 Å². The number of halogens is 1. The Hall–Kier alpha value is -1.87. The minimum absolute atomic E-state index is 0.0205. The van der Waals surface area contributed by atoms with Crippen LogP contribution in [-0.4, -0.2) is 10.9 Å². The maximum atomic E-state index is 12.5. The molecule has 1 saturated carbocycles. The average molecular weight is 287 g/mol. The van der Waals surface area contributed by atoms with E-state index in [9.17, 15) is 4.79 Å². The number of anilines is 1. The topological polar surface area (TPSA) is 42.0 Å². The minimum atomic E-state index is -0.422. The number of amides is 1. The Kier molecular flexibility index (Phi) is 3.22. The molecule has 0 spiro atoms. The summed E-state index contributed by atoms with van der Waals surface area (Å²) in [7, 11) is 0. The molecule has 102 valence electrons. The quantitative estimate of drug-likeness (QED) is 0.934. The minimum Gasteiger partial charge on any atom is -0.324 e. The van der Waals surface area contributed by atoms with Gasteiger partial charge in [-0.3, -0.25) is 9.78 Å². The van der Waals surface area contributed by atoms with Crippen LogP contribution in [0.3, 0.4) is 0 Å². The van der Waals surface area contributed by atoms with E-state index < -0.39 is 5.41 Å². The van der Waals surface area contributed by atoms with Gasteiger partial charge < -0.3 is 5.32 Å². The molecule has 1 aromatic heterocycles. The molecule has 2 aromatic rings. The number of hydrogen-bond donors (Lipinski definition) is 1. The van der Waals surface area contributed by atoms with E-state index in [0.29, 0.717) is 5.02 Å². The van der Waals surface area contributed by atoms with Crippen molar-refractivity contribution < 1.29 is 4.79 Å². The fourth-order valence-electron chi connectivity index (χ4n) is 2.43. The first-order valence-corrected chi connectivity index (χ1v) is 6.97. The summed E-state index contributed by atoms with van der Waals surface area (Å²) in [6, 6.07) is 9.47. The lowest BCUT2D eigenvalue weighted by molar-refractivity contribution is -0.118. The van der Waals surface area contributed by atoms with E-state index in [1.807, 2.05) is 37.3 Å². The maximum absolute atomic E-state index is 12.5. The molecule has 3 rings (SSSR count). The summed E-state index contributed by atoms with van der Waals surface area (Å²) < 4.78 is 0. The Morgan fingerprint density at radius 1 is 1.30 bits per heavy atom. The van der Waals surface area contributed by atoms with E-state index in [0.717, 1.165) is 29.7 Å².